The van der Waals surface area contributed by atoms with Crippen LogP contribution in [0.25, 0.3) is 0 Å². The van der Waals surface area contributed by atoms with Crippen molar-refractivity contribution in [2.45, 2.75) is 18.4 Å². The summed E-state index contributed by atoms with van der Waals surface area (Å²) < 4.78 is 31.1. The molecule has 23 heavy (non-hydrogen) atoms. The summed E-state index contributed by atoms with van der Waals surface area (Å²) >= 11 is 5.88. The molecule has 0 aliphatic heterocycles. The van der Waals surface area contributed by atoms with Crippen LogP contribution in [-0.2, 0) is 21.4 Å². The molecule has 0 spiro atoms. The number of esters is 1. The van der Waals surface area contributed by atoms with Gasteiger partial charge in [0.25, 0.3) is 0 Å². The minimum Gasteiger partial charge on any atom is -0.457 e. The third-order valence-electron chi connectivity index (χ3n) is 3.18. The Hall–Kier alpha value is -1.89. The first-order valence-corrected chi connectivity index (χ1v) is 8.65. The van der Waals surface area contributed by atoms with E-state index in [-0.39, 0.29) is 22.1 Å². The highest BCUT2D eigenvalue weighted by molar-refractivity contribution is 7.89. The molecule has 122 valence electrons. The van der Waals surface area contributed by atoms with E-state index in [1.54, 1.807) is 0 Å². The quantitative estimate of drug-likeness (QED) is 0.839. The lowest BCUT2D eigenvalue weighted by Gasteiger charge is -2.09. The average Bonchev–Trinajstić information content (AvgIpc) is 2.53. The van der Waals surface area contributed by atoms with E-state index in [9.17, 15) is 13.2 Å². The molecular weight excluding hydrogens is 338 g/mol. The Morgan fingerprint density at radius 2 is 1.96 bits per heavy atom. The van der Waals surface area contributed by atoms with Gasteiger partial charge in [-0.2, -0.15) is 0 Å². The van der Waals surface area contributed by atoms with Crippen molar-refractivity contribution in [3.05, 3.63) is 64.2 Å². The number of nitrogens with one attached hydrogen (secondary N) is 1. The molecule has 0 amide bonds. The van der Waals surface area contributed by atoms with Crippen molar-refractivity contribution in [2.75, 3.05) is 7.05 Å². The van der Waals surface area contributed by atoms with Crippen molar-refractivity contribution in [3.8, 4) is 0 Å². The summed E-state index contributed by atoms with van der Waals surface area (Å²) in [6.45, 7) is 2.05. The molecule has 0 atom stereocenters. The van der Waals surface area contributed by atoms with Crippen molar-refractivity contribution in [1.29, 1.82) is 0 Å². The molecule has 1 N–H and O–H groups in total. The van der Waals surface area contributed by atoms with E-state index in [4.69, 9.17) is 16.3 Å². The average molecular weight is 354 g/mol. The number of carbonyl (C=O) groups excluding carboxylic acids is 1. The fourth-order valence-electron chi connectivity index (χ4n) is 1.98. The van der Waals surface area contributed by atoms with Crippen LogP contribution in [0.2, 0.25) is 5.02 Å². The third kappa shape index (κ3) is 4.31. The van der Waals surface area contributed by atoms with E-state index < -0.39 is 16.0 Å². The zero-order valence-electron chi connectivity index (χ0n) is 12.7. The smallest absolute Gasteiger partial charge is 0.338 e. The largest absolute Gasteiger partial charge is 0.457 e. The lowest BCUT2D eigenvalue weighted by atomic mass is 10.1. The number of aryl methyl sites for hydroxylation is 1. The number of halogens is 1. The van der Waals surface area contributed by atoms with Crippen LogP contribution in [0, 0.1) is 6.92 Å². The van der Waals surface area contributed by atoms with Crippen LogP contribution < -0.4 is 4.72 Å². The van der Waals surface area contributed by atoms with Gasteiger partial charge in [-0.15, -0.1) is 0 Å². The molecule has 0 heterocycles. The SMILES string of the molecule is CNS(=O)(=O)c1cc(C(=O)OCc2cccc(C)c2)ccc1Cl. The molecule has 2 aromatic rings. The molecule has 5 nitrogen and oxygen atoms in total. The molecule has 2 rings (SSSR count). The standard InChI is InChI=1S/C16H16ClNO4S/c1-11-4-3-5-12(8-11)10-22-16(19)13-6-7-14(17)15(9-13)23(20,21)18-2/h3-9,18H,10H2,1-2H3. The van der Waals surface area contributed by atoms with Crippen molar-refractivity contribution in [3.63, 3.8) is 0 Å². The number of ether oxygens (including phenoxy) is 1. The topological polar surface area (TPSA) is 72.5 Å². The highest BCUT2D eigenvalue weighted by Gasteiger charge is 2.19. The van der Waals surface area contributed by atoms with Gasteiger partial charge in [0.15, 0.2) is 0 Å². The van der Waals surface area contributed by atoms with Gasteiger partial charge in [0.05, 0.1) is 10.6 Å². The van der Waals surface area contributed by atoms with Crippen LogP contribution in [0.4, 0.5) is 0 Å². The highest BCUT2D eigenvalue weighted by Crippen LogP contribution is 2.23. The van der Waals surface area contributed by atoms with E-state index in [1.165, 1.54) is 25.2 Å². The van der Waals surface area contributed by atoms with E-state index in [0.717, 1.165) is 11.1 Å². The van der Waals surface area contributed by atoms with Crippen LogP contribution in [0.5, 0.6) is 0 Å². The number of rotatable bonds is 5. The summed E-state index contributed by atoms with van der Waals surface area (Å²) in [5, 5.41) is 0.0367. The maximum atomic E-state index is 12.1. The highest BCUT2D eigenvalue weighted by atomic mass is 35.5. The third-order valence-corrected chi connectivity index (χ3v) is 5.07. The molecule has 2 aromatic carbocycles. The summed E-state index contributed by atoms with van der Waals surface area (Å²) in [5.41, 5.74) is 2.04. The van der Waals surface area contributed by atoms with Gasteiger partial charge in [-0.25, -0.2) is 17.9 Å². The molecule has 0 unspecified atom stereocenters. The van der Waals surface area contributed by atoms with Gasteiger partial charge >= 0.3 is 5.97 Å². The number of hydrogen-bond donors (Lipinski definition) is 1. The maximum Gasteiger partial charge on any atom is 0.338 e. The Kier molecular flexibility index (Phi) is 5.41. The first-order chi connectivity index (χ1) is 10.8. The van der Waals surface area contributed by atoms with E-state index in [2.05, 4.69) is 4.72 Å². The van der Waals surface area contributed by atoms with Crippen LogP contribution in [-0.4, -0.2) is 21.4 Å². The molecule has 0 bridgehead atoms. The van der Waals surface area contributed by atoms with Gasteiger partial charge in [0.1, 0.15) is 11.5 Å². The molecule has 0 aliphatic rings. The van der Waals surface area contributed by atoms with Crippen molar-refractivity contribution < 1.29 is 17.9 Å². The van der Waals surface area contributed by atoms with Crippen molar-refractivity contribution >= 4 is 27.6 Å². The molecule has 7 heteroatoms. The zero-order valence-corrected chi connectivity index (χ0v) is 14.2. The van der Waals surface area contributed by atoms with Gasteiger partial charge in [-0.1, -0.05) is 41.4 Å². The van der Waals surface area contributed by atoms with Gasteiger partial charge in [0.2, 0.25) is 10.0 Å². The molecule has 0 aliphatic carbocycles. The number of hydrogen-bond acceptors (Lipinski definition) is 4. The van der Waals surface area contributed by atoms with Gasteiger partial charge in [0, 0.05) is 0 Å². The molecule has 0 saturated carbocycles. The van der Waals surface area contributed by atoms with Gasteiger partial charge in [-0.3, -0.25) is 0 Å². The van der Waals surface area contributed by atoms with E-state index >= 15 is 0 Å². The zero-order chi connectivity index (χ0) is 17.0. The monoisotopic (exact) mass is 353 g/mol. The molecular formula is C16H16ClNO4S. The van der Waals surface area contributed by atoms with Crippen molar-refractivity contribution in [1.82, 2.24) is 4.72 Å². The Balaban J connectivity index is 2.18. The Labute approximate surface area is 140 Å². The lowest BCUT2D eigenvalue weighted by Crippen LogP contribution is -2.19. The number of benzene rings is 2. The fraction of sp³-hybridized carbons (Fsp3) is 0.188. The fourth-order valence-corrected chi connectivity index (χ4v) is 3.23. The maximum absolute atomic E-state index is 12.1. The summed E-state index contributed by atoms with van der Waals surface area (Å²) in [6, 6.07) is 11.6. The minimum atomic E-state index is -3.75. The van der Waals surface area contributed by atoms with Crippen molar-refractivity contribution in [2.24, 2.45) is 0 Å². The summed E-state index contributed by atoms with van der Waals surface area (Å²) in [7, 11) is -2.48. The second-order valence-corrected chi connectivity index (χ2v) is 7.18. The minimum absolute atomic E-state index is 0.0367. The predicted molar refractivity (Wildman–Crippen MR) is 88.0 cm³/mol. The molecule has 0 saturated heterocycles. The summed E-state index contributed by atoms with van der Waals surface area (Å²) in [6.07, 6.45) is 0. The summed E-state index contributed by atoms with van der Waals surface area (Å²) in [5.74, 6) is -0.615. The van der Waals surface area contributed by atoms with Gasteiger partial charge < -0.3 is 4.74 Å². The molecule has 0 radical (unpaired) electrons. The van der Waals surface area contributed by atoms with Gasteiger partial charge in [-0.05, 0) is 37.7 Å². The Morgan fingerprint density at radius 1 is 1.22 bits per heavy atom. The van der Waals surface area contributed by atoms with Crippen LogP contribution in [0.3, 0.4) is 0 Å². The van der Waals surface area contributed by atoms with Crippen LogP contribution in [0.15, 0.2) is 47.4 Å². The lowest BCUT2D eigenvalue weighted by molar-refractivity contribution is 0.0472. The first-order valence-electron chi connectivity index (χ1n) is 6.79. The second-order valence-electron chi connectivity index (χ2n) is 4.92. The predicted octanol–water partition coefficient (Wildman–Crippen LogP) is 2.91. The van der Waals surface area contributed by atoms with E-state index in [0.29, 0.717) is 0 Å². The normalized spacial score (nSPS) is 11.3. The first kappa shape index (κ1) is 17.5. The van der Waals surface area contributed by atoms with Crippen LogP contribution >= 0.6 is 11.6 Å². The summed E-state index contributed by atoms with van der Waals surface area (Å²) in [4.78, 5) is 11.9. The Morgan fingerprint density at radius 3 is 2.61 bits per heavy atom. The van der Waals surface area contributed by atoms with Crippen LogP contribution in [0.1, 0.15) is 21.5 Å². The van der Waals surface area contributed by atoms with E-state index in [1.807, 2.05) is 31.2 Å². The Bertz CT molecular complexity index is 834. The number of sulfonamides is 1. The number of carbonyl (C=O) groups is 1. The molecule has 0 aromatic heterocycles. The second kappa shape index (κ2) is 7.12. The molecule has 0 fully saturated rings.